The van der Waals surface area contributed by atoms with Crippen molar-refractivity contribution in [2.45, 2.75) is 50.0 Å². The van der Waals surface area contributed by atoms with Gasteiger partial charge in [-0.2, -0.15) is 17.6 Å². The van der Waals surface area contributed by atoms with Gasteiger partial charge >= 0.3 is 11.8 Å². The predicted octanol–water partition coefficient (Wildman–Crippen LogP) is 2.01. The summed E-state index contributed by atoms with van der Waals surface area (Å²) < 4.78 is 52.2. The lowest BCUT2D eigenvalue weighted by Crippen LogP contribution is -2.48. The van der Waals surface area contributed by atoms with Gasteiger partial charge in [0.25, 0.3) is 0 Å². The van der Waals surface area contributed by atoms with Crippen molar-refractivity contribution in [3.05, 3.63) is 0 Å². The minimum absolute atomic E-state index is 0.0795. The van der Waals surface area contributed by atoms with Gasteiger partial charge in [0.15, 0.2) is 0 Å². The maximum Gasteiger partial charge on any atom is 0.329 e. The smallest absolute Gasteiger partial charge is 0.329 e. The van der Waals surface area contributed by atoms with E-state index in [4.69, 9.17) is 5.73 Å². The van der Waals surface area contributed by atoms with Crippen LogP contribution >= 0.6 is 0 Å². The van der Waals surface area contributed by atoms with E-state index in [0.29, 0.717) is 4.90 Å². The molecule has 0 bridgehead atoms. The Balaban J connectivity index is 2.01. The van der Waals surface area contributed by atoms with Gasteiger partial charge in [-0.1, -0.05) is 19.3 Å². The van der Waals surface area contributed by atoms with E-state index in [9.17, 15) is 22.4 Å². The minimum atomic E-state index is -4.16. The van der Waals surface area contributed by atoms with Crippen LogP contribution in [0.2, 0.25) is 0 Å². The van der Waals surface area contributed by atoms with Gasteiger partial charge in [0.2, 0.25) is 5.91 Å². The molecule has 1 aliphatic heterocycles. The maximum atomic E-state index is 13.1. The van der Waals surface area contributed by atoms with Crippen molar-refractivity contribution in [1.82, 2.24) is 4.90 Å². The summed E-state index contributed by atoms with van der Waals surface area (Å²) in [6.07, 6.45) is 4.47. The standard InChI is InChI=1S/C12H18F4N2O/c13-11(14)6-18(7-12(11,15)16)10(19)9(17)8-4-2-1-3-5-8/h8-9H,1-7,17H2/t9-/m0/s1. The Hall–Kier alpha value is -0.850. The van der Waals surface area contributed by atoms with Gasteiger partial charge in [0, 0.05) is 0 Å². The van der Waals surface area contributed by atoms with Crippen LogP contribution in [0.3, 0.4) is 0 Å². The summed E-state index contributed by atoms with van der Waals surface area (Å²) in [7, 11) is 0. The minimum Gasteiger partial charge on any atom is -0.329 e. The number of carbonyl (C=O) groups excluding carboxylic acids is 1. The molecule has 2 fully saturated rings. The molecule has 2 aliphatic rings. The van der Waals surface area contributed by atoms with Gasteiger partial charge in [-0.25, -0.2) is 0 Å². The highest BCUT2D eigenvalue weighted by molar-refractivity contribution is 5.82. The van der Waals surface area contributed by atoms with E-state index >= 15 is 0 Å². The van der Waals surface area contributed by atoms with E-state index in [-0.39, 0.29) is 5.92 Å². The largest absolute Gasteiger partial charge is 0.329 e. The zero-order valence-corrected chi connectivity index (χ0v) is 10.5. The first kappa shape index (κ1) is 14.6. The molecule has 1 aliphatic carbocycles. The monoisotopic (exact) mass is 282 g/mol. The summed E-state index contributed by atoms with van der Waals surface area (Å²) in [4.78, 5) is 12.5. The van der Waals surface area contributed by atoms with Gasteiger partial charge < -0.3 is 10.6 Å². The van der Waals surface area contributed by atoms with Crippen LogP contribution in [0.4, 0.5) is 17.6 Å². The number of rotatable bonds is 2. The molecular formula is C12H18F4N2O. The second-order valence-electron chi connectivity index (χ2n) is 5.53. The Labute approximate surface area is 109 Å². The Morgan fingerprint density at radius 1 is 1.05 bits per heavy atom. The van der Waals surface area contributed by atoms with Gasteiger partial charge in [-0.05, 0) is 18.8 Å². The van der Waals surface area contributed by atoms with E-state index in [1.807, 2.05) is 0 Å². The zero-order chi connectivity index (χ0) is 14.3. The molecule has 0 aromatic carbocycles. The first-order valence-electron chi connectivity index (χ1n) is 6.55. The summed E-state index contributed by atoms with van der Waals surface area (Å²) in [6, 6.07) is -0.940. The molecule has 110 valence electrons. The predicted molar refractivity (Wildman–Crippen MR) is 61.0 cm³/mol. The van der Waals surface area contributed by atoms with Crippen molar-refractivity contribution in [1.29, 1.82) is 0 Å². The highest BCUT2D eigenvalue weighted by Crippen LogP contribution is 2.41. The average molecular weight is 282 g/mol. The molecule has 0 radical (unpaired) electrons. The first-order valence-corrected chi connectivity index (χ1v) is 6.55. The van der Waals surface area contributed by atoms with E-state index in [2.05, 4.69) is 0 Å². The Bertz CT molecular complexity index is 340. The lowest BCUT2D eigenvalue weighted by molar-refractivity contribution is -0.172. The summed E-state index contributed by atoms with van der Waals surface area (Å²) in [5, 5.41) is 0. The molecule has 0 aromatic rings. The quantitative estimate of drug-likeness (QED) is 0.787. The van der Waals surface area contributed by atoms with Gasteiger partial charge in [-0.3, -0.25) is 4.79 Å². The van der Waals surface area contributed by atoms with Crippen LogP contribution in [-0.2, 0) is 4.79 Å². The van der Waals surface area contributed by atoms with E-state index in [0.717, 1.165) is 32.1 Å². The summed E-state index contributed by atoms with van der Waals surface area (Å²) in [6.45, 7) is -2.47. The molecule has 1 atom stereocenters. The van der Waals surface area contributed by atoms with Crippen LogP contribution in [0.25, 0.3) is 0 Å². The number of nitrogens with zero attached hydrogens (tertiary/aromatic N) is 1. The van der Waals surface area contributed by atoms with Crippen LogP contribution in [0.15, 0.2) is 0 Å². The lowest BCUT2D eigenvalue weighted by Gasteiger charge is -2.29. The number of hydrogen-bond acceptors (Lipinski definition) is 2. The van der Waals surface area contributed by atoms with Crippen LogP contribution in [0.1, 0.15) is 32.1 Å². The van der Waals surface area contributed by atoms with Crippen molar-refractivity contribution < 1.29 is 22.4 Å². The van der Waals surface area contributed by atoms with Gasteiger partial charge in [0.1, 0.15) is 0 Å². The van der Waals surface area contributed by atoms with Gasteiger partial charge in [0.05, 0.1) is 19.1 Å². The van der Waals surface area contributed by atoms with Crippen molar-refractivity contribution >= 4 is 5.91 Å². The number of amides is 1. The summed E-state index contributed by atoms with van der Waals surface area (Å²) in [5.74, 6) is -9.17. The molecule has 19 heavy (non-hydrogen) atoms. The van der Waals surface area contributed by atoms with Gasteiger partial charge in [-0.15, -0.1) is 0 Å². The average Bonchev–Trinajstić information content (AvgIpc) is 2.58. The molecule has 1 saturated carbocycles. The Kier molecular flexibility index (Phi) is 3.77. The third-order valence-corrected chi connectivity index (χ3v) is 4.07. The SMILES string of the molecule is N[C@H](C(=O)N1CC(F)(F)C(F)(F)C1)C1CCCCC1. The topological polar surface area (TPSA) is 46.3 Å². The third kappa shape index (κ3) is 2.70. The molecule has 0 aromatic heterocycles. The summed E-state index contributed by atoms with van der Waals surface area (Å²) in [5.41, 5.74) is 5.77. The van der Waals surface area contributed by atoms with Crippen LogP contribution in [0, 0.1) is 5.92 Å². The number of halogens is 4. The number of nitrogens with two attached hydrogens (primary N) is 1. The van der Waals surface area contributed by atoms with Crippen molar-refractivity contribution in [3.8, 4) is 0 Å². The zero-order valence-electron chi connectivity index (χ0n) is 10.5. The van der Waals surface area contributed by atoms with Crippen LogP contribution in [0.5, 0.6) is 0 Å². The number of hydrogen-bond donors (Lipinski definition) is 1. The summed E-state index contributed by atoms with van der Waals surface area (Å²) >= 11 is 0. The molecule has 7 heteroatoms. The molecule has 2 N–H and O–H groups in total. The van der Waals surface area contributed by atoms with Crippen molar-refractivity contribution in [3.63, 3.8) is 0 Å². The Morgan fingerprint density at radius 3 is 2.00 bits per heavy atom. The first-order chi connectivity index (χ1) is 8.74. The maximum absolute atomic E-state index is 13.1. The molecule has 1 amide bonds. The van der Waals surface area contributed by atoms with Crippen LogP contribution < -0.4 is 5.73 Å². The normalized spacial score (nSPS) is 28.4. The highest BCUT2D eigenvalue weighted by Gasteiger charge is 2.64. The third-order valence-electron chi connectivity index (χ3n) is 4.07. The number of alkyl halides is 4. The fourth-order valence-electron chi connectivity index (χ4n) is 2.83. The Morgan fingerprint density at radius 2 is 1.53 bits per heavy atom. The molecule has 1 heterocycles. The molecular weight excluding hydrogens is 264 g/mol. The fourth-order valence-corrected chi connectivity index (χ4v) is 2.83. The fraction of sp³-hybridized carbons (Fsp3) is 0.917. The van der Waals surface area contributed by atoms with E-state index in [1.54, 1.807) is 0 Å². The number of carbonyl (C=O) groups is 1. The van der Waals surface area contributed by atoms with Crippen molar-refractivity contribution in [2.24, 2.45) is 11.7 Å². The number of likely N-dealkylation sites (tertiary alicyclic amines) is 1. The van der Waals surface area contributed by atoms with E-state index < -0.39 is 36.9 Å². The molecule has 3 nitrogen and oxygen atoms in total. The highest BCUT2D eigenvalue weighted by atomic mass is 19.3. The lowest BCUT2D eigenvalue weighted by atomic mass is 9.84. The molecule has 1 saturated heterocycles. The van der Waals surface area contributed by atoms with Crippen molar-refractivity contribution in [2.75, 3.05) is 13.1 Å². The molecule has 0 spiro atoms. The van der Waals surface area contributed by atoms with Crippen LogP contribution in [-0.4, -0.2) is 41.8 Å². The second kappa shape index (κ2) is 4.92. The molecule has 2 rings (SSSR count). The second-order valence-corrected chi connectivity index (χ2v) is 5.53. The molecule has 0 unspecified atom stereocenters. The van der Waals surface area contributed by atoms with E-state index in [1.165, 1.54) is 0 Å².